The van der Waals surface area contributed by atoms with Crippen molar-refractivity contribution in [2.45, 2.75) is 32.6 Å². The summed E-state index contributed by atoms with van der Waals surface area (Å²) in [5.74, 6) is -0.182. The number of halogens is 1. The first-order valence-electron chi connectivity index (χ1n) is 6.73. The normalized spacial score (nSPS) is 16.9. The molecule has 0 radical (unpaired) electrons. The Hall–Kier alpha value is -1.56. The molecule has 20 heavy (non-hydrogen) atoms. The molecule has 110 valence electrons. The minimum Gasteiger partial charge on any atom is -0.466 e. The van der Waals surface area contributed by atoms with E-state index in [9.17, 15) is 9.59 Å². The molecule has 2 rings (SSSR count). The van der Waals surface area contributed by atoms with Crippen LogP contribution in [0.1, 0.15) is 32.6 Å². The first-order valence-corrected chi connectivity index (χ1v) is 7.11. The van der Waals surface area contributed by atoms with Gasteiger partial charge in [0.2, 0.25) is 0 Å². The Bertz CT molecular complexity index is 538. The van der Waals surface area contributed by atoms with Crippen molar-refractivity contribution in [3.8, 4) is 0 Å². The van der Waals surface area contributed by atoms with Gasteiger partial charge in [0.1, 0.15) is 5.02 Å². The van der Waals surface area contributed by atoms with Crippen molar-refractivity contribution in [2.75, 3.05) is 18.5 Å². The highest BCUT2D eigenvalue weighted by atomic mass is 35.5. The standard InChI is InChI=1S/C13H18ClN3O3/c1-2-20-12(19)13(5-3-4-6-13)8-15-9-7-16-17-11(18)10(9)14/h7H,2-6,8H2,1H3,(H2,15,17,18). The van der Waals surface area contributed by atoms with Crippen LogP contribution in [0.2, 0.25) is 5.02 Å². The highest BCUT2D eigenvalue weighted by Crippen LogP contribution is 2.39. The van der Waals surface area contributed by atoms with E-state index in [1.54, 1.807) is 6.92 Å². The molecule has 0 bridgehead atoms. The summed E-state index contributed by atoms with van der Waals surface area (Å²) in [6.45, 7) is 2.57. The average Bonchev–Trinajstić information content (AvgIpc) is 2.91. The van der Waals surface area contributed by atoms with Gasteiger partial charge in [0, 0.05) is 6.54 Å². The topological polar surface area (TPSA) is 84.1 Å². The van der Waals surface area contributed by atoms with Crippen LogP contribution in [0.25, 0.3) is 0 Å². The number of nitrogens with zero attached hydrogens (tertiary/aromatic N) is 1. The number of aromatic amines is 1. The van der Waals surface area contributed by atoms with Gasteiger partial charge in [-0.25, -0.2) is 5.10 Å². The molecule has 0 unspecified atom stereocenters. The SMILES string of the molecule is CCOC(=O)C1(CNc2cn[nH]c(=O)c2Cl)CCCC1. The summed E-state index contributed by atoms with van der Waals surface area (Å²) < 4.78 is 5.18. The molecule has 1 fully saturated rings. The summed E-state index contributed by atoms with van der Waals surface area (Å²) in [5.41, 5.74) is -0.540. The number of hydrogen-bond acceptors (Lipinski definition) is 5. The van der Waals surface area contributed by atoms with E-state index in [4.69, 9.17) is 16.3 Å². The monoisotopic (exact) mass is 299 g/mol. The van der Waals surface area contributed by atoms with Crippen LogP contribution in [-0.4, -0.2) is 29.3 Å². The molecule has 0 spiro atoms. The second-order valence-corrected chi connectivity index (χ2v) is 5.37. The predicted octanol–water partition coefficient (Wildman–Crippen LogP) is 1.96. The van der Waals surface area contributed by atoms with Crippen LogP contribution in [-0.2, 0) is 9.53 Å². The highest BCUT2D eigenvalue weighted by Gasteiger charge is 2.42. The lowest BCUT2D eigenvalue weighted by Crippen LogP contribution is -2.37. The van der Waals surface area contributed by atoms with Crippen LogP contribution in [0.3, 0.4) is 0 Å². The lowest BCUT2D eigenvalue weighted by atomic mass is 9.86. The fraction of sp³-hybridized carbons (Fsp3) is 0.615. The third-order valence-corrected chi connectivity index (χ3v) is 4.06. The number of ether oxygens (including phenoxy) is 1. The Morgan fingerprint density at radius 2 is 2.25 bits per heavy atom. The summed E-state index contributed by atoms with van der Waals surface area (Å²) in [5, 5.41) is 9.06. The van der Waals surface area contributed by atoms with E-state index in [0.29, 0.717) is 18.8 Å². The van der Waals surface area contributed by atoms with Crippen molar-refractivity contribution in [1.29, 1.82) is 0 Å². The molecule has 0 aromatic carbocycles. The molecule has 1 aromatic rings. The molecular formula is C13H18ClN3O3. The van der Waals surface area contributed by atoms with Gasteiger partial charge in [-0.15, -0.1) is 0 Å². The summed E-state index contributed by atoms with van der Waals surface area (Å²) in [6, 6.07) is 0. The van der Waals surface area contributed by atoms with Gasteiger partial charge in [-0.2, -0.15) is 5.10 Å². The first kappa shape index (κ1) is 14.8. The molecule has 0 amide bonds. The predicted molar refractivity (Wildman–Crippen MR) is 75.9 cm³/mol. The largest absolute Gasteiger partial charge is 0.466 e. The van der Waals surface area contributed by atoms with Gasteiger partial charge in [-0.05, 0) is 19.8 Å². The van der Waals surface area contributed by atoms with Crippen LogP contribution >= 0.6 is 11.6 Å². The van der Waals surface area contributed by atoms with Crippen LogP contribution < -0.4 is 10.9 Å². The van der Waals surface area contributed by atoms with Crippen molar-refractivity contribution < 1.29 is 9.53 Å². The third kappa shape index (κ3) is 2.95. The molecule has 0 aliphatic heterocycles. The summed E-state index contributed by atoms with van der Waals surface area (Å²) >= 11 is 5.90. The maximum Gasteiger partial charge on any atom is 0.313 e. The van der Waals surface area contributed by atoms with Crippen molar-refractivity contribution in [2.24, 2.45) is 5.41 Å². The van der Waals surface area contributed by atoms with Crippen molar-refractivity contribution >= 4 is 23.3 Å². The molecule has 1 aromatic heterocycles. The van der Waals surface area contributed by atoms with Gasteiger partial charge in [-0.1, -0.05) is 24.4 Å². The maximum absolute atomic E-state index is 12.2. The lowest BCUT2D eigenvalue weighted by molar-refractivity contribution is -0.154. The van der Waals surface area contributed by atoms with Gasteiger partial charge in [-0.3, -0.25) is 9.59 Å². The number of carbonyl (C=O) groups excluding carboxylic acids is 1. The van der Waals surface area contributed by atoms with Gasteiger partial charge in [0.25, 0.3) is 5.56 Å². The first-order chi connectivity index (χ1) is 9.59. The number of hydrogen-bond donors (Lipinski definition) is 2. The minimum absolute atomic E-state index is 0.0528. The highest BCUT2D eigenvalue weighted by molar-refractivity contribution is 6.32. The molecule has 0 saturated heterocycles. The molecule has 1 heterocycles. The van der Waals surface area contributed by atoms with E-state index in [-0.39, 0.29) is 11.0 Å². The molecule has 1 aliphatic carbocycles. The number of H-pyrrole nitrogens is 1. The van der Waals surface area contributed by atoms with E-state index in [1.165, 1.54) is 6.20 Å². The Kier molecular flexibility index (Phi) is 4.65. The number of esters is 1. The Morgan fingerprint density at radius 1 is 1.55 bits per heavy atom. The zero-order chi connectivity index (χ0) is 14.6. The Balaban J connectivity index is 2.12. The van der Waals surface area contributed by atoms with Crippen LogP contribution in [0.4, 0.5) is 5.69 Å². The van der Waals surface area contributed by atoms with E-state index in [1.807, 2.05) is 0 Å². The molecule has 1 aliphatic rings. The molecule has 2 N–H and O–H groups in total. The second kappa shape index (κ2) is 6.26. The van der Waals surface area contributed by atoms with Gasteiger partial charge in [0.05, 0.1) is 23.9 Å². The summed E-state index contributed by atoms with van der Waals surface area (Å²) in [7, 11) is 0. The Morgan fingerprint density at radius 3 is 2.90 bits per heavy atom. The number of anilines is 1. The van der Waals surface area contributed by atoms with Crippen LogP contribution in [0, 0.1) is 5.41 Å². The van der Waals surface area contributed by atoms with E-state index in [0.717, 1.165) is 25.7 Å². The van der Waals surface area contributed by atoms with E-state index in [2.05, 4.69) is 15.5 Å². The Labute approximate surface area is 121 Å². The average molecular weight is 300 g/mol. The zero-order valence-electron chi connectivity index (χ0n) is 11.4. The fourth-order valence-corrected chi connectivity index (χ4v) is 2.72. The van der Waals surface area contributed by atoms with Crippen molar-refractivity contribution in [3.63, 3.8) is 0 Å². The summed E-state index contributed by atoms with van der Waals surface area (Å²) in [4.78, 5) is 23.5. The van der Waals surface area contributed by atoms with Crippen molar-refractivity contribution in [3.05, 3.63) is 21.6 Å². The maximum atomic E-state index is 12.2. The van der Waals surface area contributed by atoms with Crippen molar-refractivity contribution in [1.82, 2.24) is 10.2 Å². The fourth-order valence-electron chi connectivity index (χ4n) is 2.56. The van der Waals surface area contributed by atoms with E-state index < -0.39 is 11.0 Å². The molecule has 1 saturated carbocycles. The third-order valence-electron chi connectivity index (χ3n) is 3.68. The number of aromatic nitrogens is 2. The number of rotatable bonds is 5. The number of nitrogens with one attached hydrogen (secondary N) is 2. The molecular weight excluding hydrogens is 282 g/mol. The second-order valence-electron chi connectivity index (χ2n) is 4.99. The van der Waals surface area contributed by atoms with Gasteiger partial charge >= 0.3 is 5.97 Å². The van der Waals surface area contributed by atoms with Crippen LogP contribution in [0.15, 0.2) is 11.0 Å². The smallest absolute Gasteiger partial charge is 0.313 e. The molecule has 6 nitrogen and oxygen atoms in total. The summed E-state index contributed by atoms with van der Waals surface area (Å²) in [6.07, 6.45) is 5.02. The lowest BCUT2D eigenvalue weighted by Gasteiger charge is -2.27. The van der Waals surface area contributed by atoms with E-state index >= 15 is 0 Å². The van der Waals surface area contributed by atoms with Gasteiger partial charge in [0.15, 0.2) is 0 Å². The van der Waals surface area contributed by atoms with Gasteiger partial charge < -0.3 is 10.1 Å². The zero-order valence-corrected chi connectivity index (χ0v) is 12.1. The number of carbonyl (C=O) groups is 1. The van der Waals surface area contributed by atoms with Crippen LogP contribution in [0.5, 0.6) is 0 Å². The molecule has 0 atom stereocenters. The minimum atomic E-state index is -0.526. The quantitative estimate of drug-likeness (QED) is 0.812. The molecule has 7 heteroatoms.